The van der Waals surface area contributed by atoms with Gasteiger partial charge in [0.25, 0.3) is 0 Å². The van der Waals surface area contributed by atoms with E-state index in [9.17, 15) is 9.90 Å². The number of hydrogen-bond acceptors (Lipinski definition) is 3. The predicted molar refractivity (Wildman–Crippen MR) is 70.0 cm³/mol. The number of rotatable bonds is 4. The molecule has 0 saturated carbocycles. The summed E-state index contributed by atoms with van der Waals surface area (Å²) in [6.45, 7) is 6.09. The number of aliphatic hydroxyl groups is 2. The van der Waals surface area contributed by atoms with Gasteiger partial charge in [0.05, 0.1) is 12.5 Å². The van der Waals surface area contributed by atoms with Gasteiger partial charge in [0.15, 0.2) is 5.76 Å². The molecule has 0 aliphatic heterocycles. The van der Waals surface area contributed by atoms with Crippen molar-refractivity contribution in [2.45, 2.75) is 27.2 Å². The second-order valence-electron chi connectivity index (χ2n) is 5.56. The van der Waals surface area contributed by atoms with E-state index in [1.165, 1.54) is 5.57 Å². The van der Waals surface area contributed by atoms with Gasteiger partial charge in [-0.2, -0.15) is 0 Å². The fourth-order valence-electron chi connectivity index (χ4n) is 3.01. The van der Waals surface area contributed by atoms with Gasteiger partial charge >= 0.3 is 0 Å². The highest BCUT2D eigenvalue weighted by atomic mass is 16.3. The van der Waals surface area contributed by atoms with Crippen molar-refractivity contribution in [2.24, 2.45) is 17.3 Å². The topological polar surface area (TPSA) is 57.5 Å². The van der Waals surface area contributed by atoms with E-state index in [4.69, 9.17) is 5.11 Å². The summed E-state index contributed by atoms with van der Waals surface area (Å²) in [7, 11) is 0. The third kappa shape index (κ3) is 1.65. The first-order valence-electron chi connectivity index (χ1n) is 6.37. The van der Waals surface area contributed by atoms with Crippen molar-refractivity contribution < 1.29 is 15.0 Å². The minimum atomic E-state index is -0.298. The smallest absolute Gasteiger partial charge is 0.204 e. The second-order valence-corrected chi connectivity index (χ2v) is 5.56. The fraction of sp³-hybridized carbons (Fsp3) is 0.533. The summed E-state index contributed by atoms with van der Waals surface area (Å²) < 4.78 is 0. The number of aliphatic hydroxyl groups excluding tert-OH is 2. The molecule has 2 atom stereocenters. The molecule has 98 valence electrons. The Bertz CT molecular complexity index is 468. The van der Waals surface area contributed by atoms with Gasteiger partial charge in [-0.05, 0) is 25.3 Å². The molecule has 2 aliphatic rings. The third-order valence-corrected chi connectivity index (χ3v) is 4.22. The Kier molecular flexibility index (Phi) is 3.20. The highest BCUT2D eigenvalue weighted by Crippen LogP contribution is 2.58. The van der Waals surface area contributed by atoms with E-state index in [0.717, 1.165) is 12.0 Å². The van der Waals surface area contributed by atoms with E-state index >= 15 is 0 Å². The zero-order valence-corrected chi connectivity index (χ0v) is 11.1. The maximum Gasteiger partial charge on any atom is 0.204 e. The van der Waals surface area contributed by atoms with Gasteiger partial charge < -0.3 is 10.2 Å². The van der Waals surface area contributed by atoms with Crippen molar-refractivity contribution >= 4 is 5.78 Å². The Morgan fingerprint density at radius 2 is 2.22 bits per heavy atom. The lowest BCUT2D eigenvalue weighted by atomic mass is 9.56. The van der Waals surface area contributed by atoms with Crippen LogP contribution in [0.25, 0.3) is 0 Å². The Morgan fingerprint density at radius 3 is 2.72 bits per heavy atom. The van der Waals surface area contributed by atoms with Gasteiger partial charge in [0.2, 0.25) is 5.78 Å². The van der Waals surface area contributed by atoms with Crippen LogP contribution in [-0.4, -0.2) is 22.6 Å². The normalized spacial score (nSPS) is 31.1. The van der Waals surface area contributed by atoms with E-state index < -0.39 is 0 Å². The van der Waals surface area contributed by atoms with Crippen LogP contribution in [0.1, 0.15) is 27.2 Å². The molecule has 0 amide bonds. The quantitative estimate of drug-likeness (QED) is 0.752. The zero-order valence-electron chi connectivity index (χ0n) is 11.1. The summed E-state index contributed by atoms with van der Waals surface area (Å²) in [5.41, 5.74) is 1.80. The zero-order chi connectivity index (χ0) is 13.5. The number of ketones is 1. The molecule has 3 heteroatoms. The molecule has 0 fully saturated rings. The van der Waals surface area contributed by atoms with Gasteiger partial charge in [-0.15, -0.1) is 0 Å². The van der Waals surface area contributed by atoms with Crippen molar-refractivity contribution in [3.63, 3.8) is 0 Å². The highest BCUT2D eigenvalue weighted by molar-refractivity contribution is 6.02. The van der Waals surface area contributed by atoms with Gasteiger partial charge in [0.1, 0.15) is 0 Å². The van der Waals surface area contributed by atoms with Crippen LogP contribution in [-0.2, 0) is 4.79 Å². The fourth-order valence-corrected chi connectivity index (χ4v) is 3.01. The van der Waals surface area contributed by atoms with Crippen LogP contribution in [0.5, 0.6) is 0 Å². The molecule has 3 nitrogen and oxygen atoms in total. The molecular formula is C15H20O3. The molecule has 0 heterocycles. The van der Waals surface area contributed by atoms with Crippen LogP contribution in [0, 0.1) is 17.3 Å². The number of carbonyl (C=O) groups is 1. The van der Waals surface area contributed by atoms with Crippen molar-refractivity contribution in [3.05, 3.63) is 35.1 Å². The second kappa shape index (κ2) is 4.39. The Labute approximate surface area is 108 Å². The highest BCUT2D eigenvalue weighted by Gasteiger charge is 2.56. The summed E-state index contributed by atoms with van der Waals surface area (Å²) in [6, 6.07) is 0. The lowest BCUT2D eigenvalue weighted by Gasteiger charge is -2.46. The summed E-state index contributed by atoms with van der Waals surface area (Å²) in [5.74, 6) is -0.160. The minimum absolute atomic E-state index is 0.0609. The molecule has 0 unspecified atom stereocenters. The van der Waals surface area contributed by atoms with Gasteiger partial charge in [0, 0.05) is 5.41 Å². The van der Waals surface area contributed by atoms with Crippen LogP contribution >= 0.6 is 0 Å². The first-order valence-corrected chi connectivity index (χ1v) is 6.37. The molecule has 2 N–H and O–H groups in total. The standard InChI is InChI=1S/C15H20O3/c1-9(2)15-7-13(17)14(18)12(15)6-11(15)5-4-10(3)8-16/h4,6-7,9,12,16-17H,5,8H2,1-3H3/b10-4+/t12-,15+/m0/s1. The van der Waals surface area contributed by atoms with E-state index in [1.54, 1.807) is 6.08 Å². The van der Waals surface area contributed by atoms with Gasteiger partial charge in [-0.25, -0.2) is 0 Å². The average Bonchev–Trinajstić information content (AvgIpc) is 2.50. The number of hydrogen-bond donors (Lipinski definition) is 2. The monoisotopic (exact) mass is 248 g/mol. The number of carbonyl (C=O) groups excluding carboxylic acids is 1. The maximum atomic E-state index is 11.8. The molecule has 0 radical (unpaired) electrons. The summed E-state index contributed by atoms with van der Waals surface area (Å²) in [5, 5.41) is 18.6. The lowest BCUT2D eigenvalue weighted by Crippen LogP contribution is -2.42. The van der Waals surface area contributed by atoms with Crippen LogP contribution in [0.3, 0.4) is 0 Å². The van der Waals surface area contributed by atoms with Gasteiger partial charge in [-0.3, -0.25) is 4.79 Å². The molecule has 0 bridgehead atoms. The first kappa shape index (κ1) is 13.1. The summed E-state index contributed by atoms with van der Waals surface area (Å²) in [6.07, 6.45) is 6.41. The van der Waals surface area contributed by atoms with Crippen LogP contribution in [0.4, 0.5) is 0 Å². The molecule has 0 spiro atoms. The molecular weight excluding hydrogens is 228 g/mol. The molecule has 2 aliphatic carbocycles. The van der Waals surface area contributed by atoms with Crippen molar-refractivity contribution in [2.75, 3.05) is 6.61 Å². The maximum absolute atomic E-state index is 11.8. The SMILES string of the molecule is C/C(=C\CC1=C[C@H]2C(=O)C(O)=C[C@@]12C(C)C)CO. The summed E-state index contributed by atoms with van der Waals surface area (Å²) >= 11 is 0. The van der Waals surface area contributed by atoms with E-state index in [0.29, 0.717) is 0 Å². The van der Waals surface area contributed by atoms with Crippen molar-refractivity contribution in [3.8, 4) is 0 Å². The Balaban J connectivity index is 2.27. The third-order valence-electron chi connectivity index (χ3n) is 4.22. The number of fused-ring (bicyclic) bond motifs is 1. The lowest BCUT2D eigenvalue weighted by molar-refractivity contribution is -0.122. The largest absolute Gasteiger partial charge is 0.505 e. The minimum Gasteiger partial charge on any atom is -0.505 e. The molecule has 0 aromatic heterocycles. The number of Topliss-reactive ketones (excluding diaryl/α,β-unsaturated/α-hetero) is 1. The summed E-state index contributed by atoms with van der Waals surface area (Å²) in [4.78, 5) is 11.8. The first-order chi connectivity index (χ1) is 8.43. The number of allylic oxidation sites excluding steroid dienone is 5. The van der Waals surface area contributed by atoms with Crippen LogP contribution in [0.15, 0.2) is 35.1 Å². The molecule has 2 rings (SSSR count). The molecule has 18 heavy (non-hydrogen) atoms. The van der Waals surface area contributed by atoms with E-state index in [2.05, 4.69) is 13.8 Å². The molecule has 0 aromatic carbocycles. The Hall–Kier alpha value is -1.35. The van der Waals surface area contributed by atoms with Crippen molar-refractivity contribution in [1.29, 1.82) is 0 Å². The van der Waals surface area contributed by atoms with Gasteiger partial charge in [-0.1, -0.05) is 37.1 Å². The molecule has 0 saturated heterocycles. The Morgan fingerprint density at radius 1 is 1.56 bits per heavy atom. The van der Waals surface area contributed by atoms with Crippen LogP contribution < -0.4 is 0 Å². The van der Waals surface area contributed by atoms with E-state index in [1.807, 2.05) is 19.1 Å². The van der Waals surface area contributed by atoms with Crippen molar-refractivity contribution in [1.82, 2.24) is 0 Å². The van der Waals surface area contributed by atoms with E-state index in [-0.39, 0.29) is 35.4 Å². The average molecular weight is 248 g/mol. The predicted octanol–water partition coefficient (Wildman–Crippen LogP) is 2.54. The molecule has 0 aromatic rings. The van der Waals surface area contributed by atoms with Crippen LogP contribution in [0.2, 0.25) is 0 Å².